The van der Waals surface area contributed by atoms with Gasteiger partial charge in [-0.2, -0.15) is 0 Å². The Kier molecular flexibility index (Phi) is 5.44. The molecule has 0 aliphatic carbocycles. The number of aromatic nitrogens is 3. The van der Waals surface area contributed by atoms with Gasteiger partial charge in [-0.15, -0.1) is 10.2 Å². The number of benzene rings is 1. The number of carbonyl (C=O) groups is 2. The number of hydrogen-bond donors (Lipinski definition) is 3. The van der Waals surface area contributed by atoms with Gasteiger partial charge in [0.1, 0.15) is 0 Å². The zero-order valence-electron chi connectivity index (χ0n) is 13.2. The highest BCUT2D eigenvalue weighted by Crippen LogP contribution is 2.21. The van der Waals surface area contributed by atoms with Crippen molar-refractivity contribution >= 4 is 35.2 Å². The van der Waals surface area contributed by atoms with Crippen LogP contribution in [0.5, 0.6) is 0 Å². The summed E-state index contributed by atoms with van der Waals surface area (Å²) in [6.07, 6.45) is 1.49. The summed E-state index contributed by atoms with van der Waals surface area (Å²) in [4.78, 5) is 23.8. The van der Waals surface area contributed by atoms with E-state index >= 15 is 0 Å². The molecule has 0 atom stereocenters. The van der Waals surface area contributed by atoms with Crippen molar-refractivity contribution in [3.63, 3.8) is 0 Å². The average Bonchev–Trinajstić information content (AvgIpc) is 3.28. The van der Waals surface area contributed by atoms with Gasteiger partial charge in [-0.05, 0) is 36.4 Å². The van der Waals surface area contributed by atoms with Crippen LogP contribution in [0.25, 0.3) is 11.6 Å². The molecule has 0 unspecified atom stereocenters. The Balaban J connectivity index is 1.50. The summed E-state index contributed by atoms with van der Waals surface area (Å²) in [6, 6.07) is 9.66. The van der Waals surface area contributed by atoms with Crippen molar-refractivity contribution in [1.82, 2.24) is 25.7 Å². The summed E-state index contributed by atoms with van der Waals surface area (Å²) in [5.41, 5.74) is 4.99. The van der Waals surface area contributed by atoms with Crippen molar-refractivity contribution in [3.8, 4) is 11.6 Å². The van der Waals surface area contributed by atoms with Crippen LogP contribution in [-0.2, 0) is 4.79 Å². The summed E-state index contributed by atoms with van der Waals surface area (Å²) in [7, 11) is 0. The molecule has 11 heteroatoms. The first-order chi connectivity index (χ1) is 12.5. The molecule has 0 fully saturated rings. The molecule has 134 valence electrons. The minimum absolute atomic E-state index is 0.0195. The van der Waals surface area contributed by atoms with E-state index in [1.54, 1.807) is 36.4 Å². The number of rotatable bonds is 5. The second-order valence-electron chi connectivity index (χ2n) is 4.95. The molecule has 0 bridgehead atoms. The molecule has 1 aromatic carbocycles. The molecule has 2 aromatic heterocycles. The van der Waals surface area contributed by atoms with Crippen LogP contribution in [0.4, 0.5) is 0 Å². The standard InChI is InChI=1S/C15H13ClN6O3S/c16-10-5-3-9(4-6-10)14(24)20-18-12(23)8-26-15-21-19-13(22(15)17)11-2-1-7-25-11/h1-7H,8,17H2,(H,18,23)(H,20,24). The van der Waals surface area contributed by atoms with Gasteiger partial charge < -0.3 is 10.3 Å². The van der Waals surface area contributed by atoms with Crippen LogP contribution >= 0.6 is 23.4 Å². The first-order valence-electron chi connectivity index (χ1n) is 7.26. The van der Waals surface area contributed by atoms with Crippen molar-refractivity contribution in [2.24, 2.45) is 0 Å². The van der Waals surface area contributed by atoms with E-state index < -0.39 is 11.8 Å². The number of nitrogens with one attached hydrogen (secondary N) is 2. The van der Waals surface area contributed by atoms with E-state index in [9.17, 15) is 9.59 Å². The van der Waals surface area contributed by atoms with Crippen molar-refractivity contribution in [1.29, 1.82) is 0 Å². The fraction of sp³-hybridized carbons (Fsp3) is 0.0667. The van der Waals surface area contributed by atoms with Crippen molar-refractivity contribution < 1.29 is 14.0 Å². The summed E-state index contributed by atoms with van der Waals surface area (Å²) in [5.74, 6) is 5.79. The number of thioether (sulfide) groups is 1. The van der Waals surface area contributed by atoms with E-state index in [1.165, 1.54) is 10.9 Å². The Morgan fingerprint density at radius 2 is 1.96 bits per heavy atom. The van der Waals surface area contributed by atoms with E-state index in [0.717, 1.165) is 11.8 Å². The number of hydrazine groups is 1. The molecule has 26 heavy (non-hydrogen) atoms. The van der Waals surface area contributed by atoms with Gasteiger partial charge >= 0.3 is 0 Å². The monoisotopic (exact) mass is 392 g/mol. The number of hydrogen-bond acceptors (Lipinski definition) is 7. The van der Waals surface area contributed by atoms with Crippen LogP contribution in [0.15, 0.2) is 52.2 Å². The number of nitrogen functional groups attached to an aromatic ring is 1. The number of nitrogens with two attached hydrogens (primary N) is 1. The first-order valence-corrected chi connectivity index (χ1v) is 8.63. The Labute approximate surface area is 156 Å². The zero-order chi connectivity index (χ0) is 18.5. The van der Waals surface area contributed by atoms with Crippen LogP contribution in [0.3, 0.4) is 0 Å². The van der Waals surface area contributed by atoms with Crippen LogP contribution in [-0.4, -0.2) is 32.4 Å². The fourth-order valence-corrected chi connectivity index (χ4v) is 2.70. The van der Waals surface area contributed by atoms with Gasteiger partial charge in [0.15, 0.2) is 5.76 Å². The van der Waals surface area contributed by atoms with Gasteiger partial charge in [-0.1, -0.05) is 23.4 Å². The van der Waals surface area contributed by atoms with E-state index in [-0.39, 0.29) is 5.75 Å². The average molecular weight is 393 g/mol. The third kappa shape index (κ3) is 4.16. The molecule has 0 saturated carbocycles. The summed E-state index contributed by atoms with van der Waals surface area (Å²) >= 11 is 6.82. The molecule has 4 N–H and O–H groups in total. The quantitative estimate of drug-likeness (QED) is 0.340. The lowest BCUT2D eigenvalue weighted by atomic mass is 10.2. The van der Waals surface area contributed by atoms with Crippen LogP contribution in [0.2, 0.25) is 5.02 Å². The predicted molar refractivity (Wildman–Crippen MR) is 95.7 cm³/mol. The zero-order valence-corrected chi connectivity index (χ0v) is 14.8. The highest BCUT2D eigenvalue weighted by molar-refractivity contribution is 7.99. The van der Waals surface area contributed by atoms with Crippen LogP contribution in [0.1, 0.15) is 10.4 Å². The maximum Gasteiger partial charge on any atom is 0.269 e. The number of halogens is 1. The molecule has 3 rings (SSSR count). The largest absolute Gasteiger partial charge is 0.461 e. The molecule has 2 heterocycles. The van der Waals surface area contributed by atoms with Gasteiger partial charge in [0.2, 0.25) is 16.9 Å². The molecule has 9 nitrogen and oxygen atoms in total. The molecule has 0 aliphatic rings. The molecule has 0 radical (unpaired) electrons. The van der Waals surface area contributed by atoms with E-state index in [0.29, 0.717) is 27.3 Å². The van der Waals surface area contributed by atoms with Gasteiger partial charge in [-0.25, -0.2) is 4.68 Å². The molecule has 0 saturated heterocycles. The highest BCUT2D eigenvalue weighted by atomic mass is 35.5. The normalized spacial score (nSPS) is 10.5. The Morgan fingerprint density at radius 1 is 1.19 bits per heavy atom. The Bertz CT molecular complexity index is 910. The molecule has 2 amide bonds. The summed E-state index contributed by atoms with van der Waals surface area (Å²) in [5, 5.41) is 8.67. The second-order valence-corrected chi connectivity index (χ2v) is 6.33. The maximum atomic E-state index is 11.9. The third-order valence-electron chi connectivity index (χ3n) is 3.16. The minimum atomic E-state index is -0.456. The molecule has 3 aromatic rings. The van der Waals surface area contributed by atoms with Crippen molar-refractivity contribution in [3.05, 3.63) is 53.2 Å². The minimum Gasteiger partial charge on any atom is -0.461 e. The number of amides is 2. The molecular formula is C15H13ClN6O3S. The van der Waals surface area contributed by atoms with Crippen LogP contribution < -0.4 is 16.7 Å². The van der Waals surface area contributed by atoms with Gasteiger partial charge in [-0.3, -0.25) is 20.4 Å². The number of carbonyl (C=O) groups excluding carboxylic acids is 2. The second kappa shape index (κ2) is 7.93. The fourth-order valence-electron chi connectivity index (χ4n) is 1.92. The van der Waals surface area contributed by atoms with E-state index in [1.807, 2.05) is 0 Å². The van der Waals surface area contributed by atoms with E-state index in [4.69, 9.17) is 21.9 Å². The van der Waals surface area contributed by atoms with Gasteiger partial charge in [0.05, 0.1) is 12.0 Å². The Morgan fingerprint density at radius 3 is 2.65 bits per heavy atom. The number of furan rings is 1. The maximum absolute atomic E-state index is 11.9. The number of nitrogens with zero attached hydrogens (tertiary/aromatic N) is 3. The first kappa shape index (κ1) is 17.8. The van der Waals surface area contributed by atoms with Crippen molar-refractivity contribution in [2.75, 3.05) is 11.6 Å². The van der Waals surface area contributed by atoms with Gasteiger partial charge in [0, 0.05) is 10.6 Å². The van der Waals surface area contributed by atoms with E-state index in [2.05, 4.69) is 21.0 Å². The van der Waals surface area contributed by atoms with Gasteiger partial charge in [0.25, 0.3) is 5.91 Å². The predicted octanol–water partition coefficient (Wildman–Crippen LogP) is 1.46. The van der Waals surface area contributed by atoms with Crippen LogP contribution in [0, 0.1) is 0 Å². The molecule has 0 spiro atoms. The molecular weight excluding hydrogens is 380 g/mol. The van der Waals surface area contributed by atoms with Crippen molar-refractivity contribution in [2.45, 2.75) is 5.16 Å². The third-order valence-corrected chi connectivity index (χ3v) is 4.36. The topological polar surface area (TPSA) is 128 Å². The Hall–Kier alpha value is -2.98. The summed E-state index contributed by atoms with van der Waals surface area (Å²) in [6.45, 7) is 0. The smallest absolute Gasteiger partial charge is 0.269 e. The lowest BCUT2D eigenvalue weighted by Gasteiger charge is -2.07. The lowest BCUT2D eigenvalue weighted by Crippen LogP contribution is -2.42. The lowest BCUT2D eigenvalue weighted by molar-refractivity contribution is -0.119. The highest BCUT2D eigenvalue weighted by Gasteiger charge is 2.15. The SMILES string of the molecule is Nn1c(SCC(=O)NNC(=O)c2ccc(Cl)cc2)nnc1-c1ccco1. The molecule has 0 aliphatic heterocycles. The summed E-state index contributed by atoms with van der Waals surface area (Å²) < 4.78 is 6.43.